The highest BCUT2D eigenvalue weighted by Gasteiger charge is 2.39. The summed E-state index contributed by atoms with van der Waals surface area (Å²) in [5, 5.41) is 14.5. The van der Waals surface area contributed by atoms with Crippen LogP contribution in [-0.4, -0.2) is 66.9 Å². The van der Waals surface area contributed by atoms with Crippen molar-refractivity contribution in [3.8, 4) is 11.5 Å². The van der Waals surface area contributed by atoms with Gasteiger partial charge in [0.2, 0.25) is 0 Å². The van der Waals surface area contributed by atoms with Crippen molar-refractivity contribution in [1.29, 1.82) is 0 Å². The fraction of sp³-hybridized carbons (Fsp3) is 0.375. The SMILES string of the molecule is COc1cccc(NC(=O)Nc2ccc3c(c2)C(=O)N(C)[C@@H]2CC[C@H](CC(=O)O)O[C@H]2CO3)c1. The second-order valence-corrected chi connectivity index (χ2v) is 8.29. The van der Waals surface area contributed by atoms with Crippen LogP contribution >= 0.6 is 0 Å². The van der Waals surface area contributed by atoms with Gasteiger partial charge in [-0.1, -0.05) is 6.07 Å². The fourth-order valence-electron chi connectivity index (χ4n) is 4.29. The van der Waals surface area contributed by atoms with E-state index in [1.807, 2.05) is 0 Å². The van der Waals surface area contributed by atoms with Crippen LogP contribution in [0.1, 0.15) is 29.6 Å². The Morgan fingerprint density at radius 3 is 2.65 bits per heavy atom. The average molecular weight is 469 g/mol. The van der Waals surface area contributed by atoms with Crippen molar-refractivity contribution in [2.24, 2.45) is 0 Å². The van der Waals surface area contributed by atoms with Gasteiger partial charge in [-0.05, 0) is 43.2 Å². The van der Waals surface area contributed by atoms with Crippen LogP contribution < -0.4 is 20.1 Å². The number of methoxy groups -OCH3 is 1. The van der Waals surface area contributed by atoms with Crippen LogP contribution in [0.25, 0.3) is 0 Å². The maximum Gasteiger partial charge on any atom is 0.323 e. The second kappa shape index (κ2) is 10.0. The first-order valence-corrected chi connectivity index (χ1v) is 11.0. The van der Waals surface area contributed by atoms with Crippen LogP contribution in [0.15, 0.2) is 42.5 Å². The lowest BCUT2D eigenvalue weighted by Crippen LogP contribution is -2.53. The van der Waals surface area contributed by atoms with E-state index < -0.39 is 24.2 Å². The van der Waals surface area contributed by atoms with Crippen LogP contribution in [0.5, 0.6) is 11.5 Å². The van der Waals surface area contributed by atoms with Gasteiger partial charge in [0.25, 0.3) is 5.91 Å². The summed E-state index contributed by atoms with van der Waals surface area (Å²) in [6.07, 6.45) is 0.254. The molecule has 3 atom stereocenters. The van der Waals surface area contributed by atoms with Crippen molar-refractivity contribution >= 4 is 29.3 Å². The minimum absolute atomic E-state index is 0.0790. The zero-order valence-electron chi connectivity index (χ0n) is 18.9. The lowest BCUT2D eigenvalue weighted by molar-refractivity contribution is -0.148. The summed E-state index contributed by atoms with van der Waals surface area (Å²) in [6.45, 7) is 0.189. The van der Waals surface area contributed by atoms with E-state index in [-0.39, 0.29) is 25.0 Å². The van der Waals surface area contributed by atoms with E-state index in [2.05, 4.69) is 10.6 Å². The van der Waals surface area contributed by atoms with Gasteiger partial charge in [0, 0.05) is 24.5 Å². The number of nitrogens with zero attached hydrogens (tertiary/aromatic N) is 1. The molecule has 3 amide bonds. The Bertz CT molecular complexity index is 1090. The van der Waals surface area contributed by atoms with Crippen molar-refractivity contribution in [3.63, 3.8) is 0 Å². The van der Waals surface area contributed by atoms with E-state index >= 15 is 0 Å². The zero-order chi connectivity index (χ0) is 24.2. The molecule has 2 aliphatic rings. The molecule has 0 bridgehead atoms. The summed E-state index contributed by atoms with van der Waals surface area (Å²) >= 11 is 0. The van der Waals surface area contributed by atoms with Crippen LogP contribution in [0.2, 0.25) is 0 Å². The molecular weight excluding hydrogens is 442 g/mol. The molecule has 2 aromatic carbocycles. The molecular formula is C24H27N3O7. The number of hydrogen-bond donors (Lipinski definition) is 3. The van der Waals surface area contributed by atoms with Crippen molar-refractivity contribution in [1.82, 2.24) is 4.90 Å². The Labute approximate surface area is 196 Å². The Hall–Kier alpha value is -3.79. The number of carboxylic acids is 1. The quantitative estimate of drug-likeness (QED) is 0.614. The molecule has 3 N–H and O–H groups in total. The van der Waals surface area contributed by atoms with Crippen molar-refractivity contribution in [3.05, 3.63) is 48.0 Å². The molecule has 2 aromatic rings. The molecule has 2 aliphatic heterocycles. The highest BCUT2D eigenvalue weighted by Crippen LogP contribution is 2.32. The van der Waals surface area contributed by atoms with Crippen LogP contribution in [0.3, 0.4) is 0 Å². The lowest BCUT2D eigenvalue weighted by Gasteiger charge is -2.42. The number of aliphatic carboxylic acids is 1. The zero-order valence-corrected chi connectivity index (χ0v) is 18.9. The lowest BCUT2D eigenvalue weighted by atomic mass is 9.94. The number of amides is 3. The third-order valence-corrected chi connectivity index (χ3v) is 6.00. The monoisotopic (exact) mass is 469 g/mol. The van der Waals surface area contributed by atoms with E-state index in [9.17, 15) is 14.4 Å². The van der Waals surface area contributed by atoms with E-state index in [1.165, 1.54) is 0 Å². The summed E-state index contributed by atoms with van der Waals surface area (Å²) in [7, 11) is 3.24. The molecule has 10 nitrogen and oxygen atoms in total. The Kier molecular flexibility index (Phi) is 6.87. The van der Waals surface area contributed by atoms with Crippen LogP contribution in [0.4, 0.5) is 16.2 Å². The topological polar surface area (TPSA) is 126 Å². The molecule has 1 fully saturated rings. The Balaban J connectivity index is 1.47. The summed E-state index contributed by atoms with van der Waals surface area (Å²) < 4.78 is 17.0. The summed E-state index contributed by atoms with van der Waals surface area (Å²) in [4.78, 5) is 38.4. The largest absolute Gasteiger partial charge is 0.497 e. The molecule has 10 heteroatoms. The smallest absolute Gasteiger partial charge is 0.323 e. The molecule has 0 radical (unpaired) electrons. The van der Waals surface area contributed by atoms with Crippen LogP contribution in [0, 0.1) is 0 Å². The standard InChI is InChI=1S/C24H27N3O7/c1-27-19-8-7-17(12-22(28)29)34-21(19)13-33-20-9-6-15(11-18(20)23(27)30)26-24(31)25-14-4-3-5-16(10-14)32-2/h3-6,9-11,17,19,21H,7-8,12-13H2,1-2H3,(H,28,29)(H2,25,26,31)/t17-,19-,21+/m1/s1. The fourth-order valence-corrected chi connectivity index (χ4v) is 4.29. The normalized spacial score (nSPS) is 21.8. The first-order chi connectivity index (χ1) is 16.3. The van der Waals surface area contributed by atoms with Gasteiger partial charge in [0.05, 0.1) is 31.2 Å². The van der Waals surface area contributed by atoms with E-state index in [0.29, 0.717) is 41.3 Å². The molecule has 0 saturated carbocycles. The highest BCUT2D eigenvalue weighted by atomic mass is 16.5. The molecule has 0 unspecified atom stereocenters. The summed E-state index contributed by atoms with van der Waals surface area (Å²) in [5.41, 5.74) is 1.32. The van der Waals surface area contributed by atoms with Crippen LogP contribution in [-0.2, 0) is 9.53 Å². The molecule has 0 spiro atoms. The maximum absolute atomic E-state index is 13.3. The number of carbonyl (C=O) groups is 3. The molecule has 0 aliphatic carbocycles. The van der Waals surface area contributed by atoms with E-state index in [4.69, 9.17) is 19.3 Å². The highest BCUT2D eigenvalue weighted by molar-refractivity contribution is 6.02. The second-order valence-electron chi connectivity index (χ2n) is 8.29. The van der Waals surface area contributed by atoms with Crippen molar-refractivity contribution in [2.45, 2.75) is 37.5 Å². The third-order valence-electron chi connectivity index (χ3n) is 6.00. The van der Waals surface area contributed by atoms with Gasteiger partial charge in [0.1, 0.15) is 24.2 Å². The number of rotatable bonds is 5. The molecule has 0 aromatic heterocycles. The Morgan fingerprint density at radius 1 is 1.15 bits per heavy atom. The number of nitrogens with one attached hydrogen (secondary N) is 2. The maximum atomic E-state index is 13.3. The molecule has 2 heterocycles. The van der Waals surface area contributed by atoms with Gasteiger partial charge in [0.15, 0.2) is 0 Å². The van der Waals surface area contributed by atoms with Gasteiger partial charge in [-0.25, -0.2) is 4.79 Å². The molecule has 34 heavy (non-hydrogen) atoms. The number of likely N-dealkylation sites (N-methyl/N-ethyl adjacent to an activating group) is 1. The van der Waals surface area contributed by atoms with E-state index in [0.717, 1.165) is 0 Å². The summed E-state index contributed by atoms with van der Waals surface area (Å²) in [5.74, 6) is -0.190. The molecule has 4 rings (SSSR count). The van der Waals surface area contributed by atoms with Crippen molar-refractivity contribution in [2.75, 3.05) is 31.4 Å². The predicted molar refractivity (Wildman–Crippen MR) is 124 cm³/mol. The first-order valence-electron chi connectivity index (χ1n) is 11.0. The van der Waals surface area contributed by atoms with Gasteiger partial charge in [-0.3, -0.25) is 9.59 Å². The number of anilines is 2. The van der Waals surface area contributed by atoms with Crippen molar-refractivity contribution < 1.29 is 33.7 Å². The number of fused-ring (bicyclic) bond motifs is 2. The third kappa shape index (κ3) is 5.23. The van der Waals surface area contributed by atoms with Gasteiger partial charge in [-0.2, -0.15) is 0 Å². The number of hydrogen-bond acceptors (Lipinski definition) is 6. The minimum Gasteiger partial charge on any atom is -0.497 e. The predicted octanol–water partition coefficient (Wildman–Crippen LogP) is 3.19. The number of benzene rings is 2. The summed E-state index contributed by atoms with van der Waals surface area (Å²) in [6, 6.07) is 11.1. The minimum atomic E-state index is -0.916. The van der Waals surface area contributed by atoms with Gasteiger partial charge in [-0.15, -0.1) is 0 Å². The van der Waals surface area contributed by atoms with Gasteiger partial charge < -0.3 is 34.9 Å². The number of urea groups is 1. The van der Waals surface area contributed by atoms with E-state index in [1.54, 1.807) is 61.5 Å². The molecule has 1 saturated heterocycles. The van der Waals surface area contributed by atoms with Gasteiger partial charge >= 0.3 is 12.0 Å². The first kappa shape index (κ1) is 23.4. The number of carbonyl (C=O) groups excluding carboxylic acids is 2. The molecule has 180 valence electrons. The Morgan fingerprint density at radius 2 is 1.91 bits per heavy atom. The number of carboxylic acid groups (broad SMARTS) is 1. The number of ether oxygens (including phenoxy) is 3. The average Bonchev–Trinajstić information content (AvgIpc) is 2.81.